The Hall–Kier alpha value is -1.38. The van der Waals surface area contributed by atoms with Crippen molar-refractivity contribution in [3.8, 4) is 5.75 Å². The van der Waals surface area contributed by atoms with E-state index < -0.39 is 0 Å². The molecule has 4 heteroatoms. The lowest BCUT2D eigenvalue weighted by Crippen LogP contribution is -2.10. The van der Waals surface area contributed by atoms with Gasteiger partial charge in [0.05, 0.1) is 18.8 Å². The second kappa shape index (κ2) is 7.06. The van der Waals surface area contributed by atoms with Gasteiger partial charge in [-0.15, -0.1) is 0 Å². The van der Waals surface area contributed by atoms with Gasteiger partial charge in [-0.2, -0.15) is 0 Å². The maximum absolute atomic E-state index is 6.15. The molecule has 0 saturated carbocycles. The summed E-state index contributed by atoms with van der Waals surface area (Å²) in [5.74, 6) is 0.748. The molecule has 112 valence electrons. The molecule has 1 N–H and O–H groups in total. The van der Waals surface area contributed by atoms with Crippen LogP contribution in [0, 0.1) is 6.92 Å². The van der Waals surface area contributed by atoms with Gasteiger partial charge in [0.1, 0.15) is 5.75 Å². The number of nitrogens with one attached hydrogen (secondary N) is 1. The van der Waals surface area contributed by atoms with Crippen LogP contribution in [0.2, 0.25) is 10.0 Å². The summed E-state index contributed by atoms with van der Waals surface area (Å²) in [7, 11) is 1.65. The Labute approximate surface area is 136 Å². The Morgan fingerprint density at radius 3 is 2.38 bits per heavy atom. The van der Waals surface area contributed by atoms with Crippen molar-refractivity contribution < 1.29 is 4.74 Å². The van der Waals surface area contributed by atoms with E-state index in [-0.39, 0.29) is 6.04 Å². The van der Waals surface area contributed by atoms with Crippen LogP contribution in [0.15, 0.2) is 36.4 Å². The molecule has 0 radical (unpaired) electrons. The molecule has 0 amide bonds. The van der Waals surface area contributed by atoms with Crippen molar-refractivity contribution in [2.45, 2.75) is 26.3 Å². The van der Waals surface area contributed by atoms with E-state index in [1.807, 2.05) is 43.3 Å². The lowest BCUT2D eigenvalue weighted by molar-refractivity contribution is 0.416. The van der Waals surface area contributed by atoms with E-state index in [2.05, 4.69) is 12.2 Å². The highest BCUT2D eigenvalue weighted by atomic mass is 35.5. The van der Waals surface area contributed by atoms with Gasteiger partial charge in [-0.25, -0.2) is 0 Å². The summed E-state index contributed by atoms with van der Waals surface area (Å²) in [6.45, 7) is 4.12. The molecule has 2 rings (SSSR count). The van der Waals surface area contributed by atoms with Gasteiger partial charge >= 0.3 is 0 Å². The second-order valence-electron chi connectivity index (χ2n) is 4.96. The van der Waals surface area contributed by atoms with E-state index in [1.165, 1.54) is 5.56 Å². The van der Waals surface area contributed by atoms with E-state index in [9.17, 15) is 0 Å². The average molecular weight is 324 g/mol. The van der Waals surface area contributed by atoms with Crippen molar-refractivity contribution in [3.63, 3.8) is 0 Å². The van der Waals surface area contributed by atoms with Crippen molar-refractivity contribution in [1.82, 2.24) is 0 Å². The van der Waals surface area contributed by atoms with Crippen molar-refractivity contribution in [2.75, 3.05) is 12.4 Å². The highest BCUT2D eigenvalue weighted by molar-refractivity contribution is 6.31. The number of aryl methyl sites for hydroxylation is 1. The van der Waals surface area contributed by atoms with Gasteiger partial charge in [-0.1, -0.05) is 42.3 Å². The molecule has 1 unspecified atom stereocenters. The fraction of sp³-hybridized carbons (Fsp3) is 0.294. The molecule has 2 nitrogen and oxygen atoms in total. The molecule has 0 aromatic heterocycles. The van der Waals surface area contributed by atoms with E-state index in [4.69, 9.17) is 27.9 Å². The zero-order valence-corrected chi connectivity index (χ0v) is 13.9. The van der Waals surface area contributed by atoms with Crippen LogP contribution in [-0.4, -0.2) is 7.11 Å². The van der Waals surface area contributed by atoms with Gasteiger partial charge in [0.25, 0.3) is 0 Å². The summed E-state index contributed by atoms with van der Waals surface area (Å²) in [5.41, 5.74) is 3.16. The van der Waals surface area contributed by atoms with Crippen LogP contribution in [0.4, 0.5) is 5.69 Å². The third-order valence-electron chi connectivity index (χ3n) is 3.49. The van der Waals surface area contributed by atoms with Crippen molar-refractivity contribution in [2.24, 2.45) is 0 Å². The normalized spacial score (nSPS) is 12.0. The van der Waals surface area contributed by atoms with Crippen LogP contribution in [0.1, 0.15) is 30.5 Å². The molecular formula is C17H19Cl2NO. The van der Waals surface area contributed by atoms with Gasteiger partial charge in [0.2, 0.25) is 0 Å². The minimum Gasteiger partial charge on any atom is -0.495 e. The summed E-state index contributed by atoms with van der Waals surface area (Å²) in [4.78, 5) is 0. The lowest BCUT2D eigenvalue weighted by Gasteiger charge is -2.21. The molecule has 0 fully saturated rings. The Kier molecular flexibility index (Phi) is 5.38. The van der Waals surface area contributed by atoms with Crippen molar-refractivity contribution >= 4 is 28.9 Å². The second-order valence-corrected chi connectivity index (χ2v) is 5.80. The molecular weight excluding hydrogens is 305 g/mol. The van der Waals surface area contributed by atoms with Gasteiger partial charge in [-0.3, -0.25) is 0 Å². The van der Waals surface area contributed by atoms with E-state index in [1.54, 1.807) is 7.11 Å². The maximum atomic E-state index is 6.15. The summed E-state index contributed by atoms with van der Waals surface area (Å²) >= 11 is 12.1. The van der Waals surface area contributed by atoms with Crippen LogP contribution in [0.3, 0.4) is 0 Å². The monoisotopic (exact) mass is 323 g/mol. The highest BCUT2D eigenvalue weighted by Crippen LogP contribution is 2.34. The lowest BCUT2D eigenvalue weighted by atomic mass is 10.0. The molecule has 2 aromatic rings. The first-order chi connectivity index (χ1) is 10.0. The Bertz CT molecular complexity index is 611. The maximum Gasteiger partial charge on any atom is 0.143 e. The Morgan fingerprint density at radius 1 is 1.14 bits per heavy atom. The fourth-order valence-electron chi connectivity index (χ4n) is 2.25. The zero-order valence-electron chi connectivity index (χ0n) is 12.4. The molecule has 21 heavy (non-hydrogen) atoms. The Morgan fingerprint density at radius 2 is 1.81 bits per heavy atom. The SMILES string of the molecule is CCC(Nc1cc(C)c(Cl)cc1OC)c1ccc(Cl)cc1. The van der Waals surface area contributed by atoms with Crippen LogP contribution < -0.4 is 10.1 Å². The van der Waals surface area contributed by atoms with E-state index in [0.29, 0.717) is 5.02 Å². The summed E-state index contributed by atoms with van der Waals surface area (Å²) < 4.78 is 5.41. The third-order valence-corrected chi connectivity index (χ3v) is 4.15. The number of rotatable bonds is 5. The van der Waals surface area contributed by atoms with Gasteiger partial charge < -0.3 is 10.1 Å². The first kappa shape index (κ1) is 16.0. The summed E-state index contributed by atoms with van der Waals surface area (Å²) in [6.07, 6.45) is 0.951. The number of benzene rings is 2. The van der Waals surface area contributed by atoms with Crippen LogP contribution in [0.5, 0.6) is 5.75 Å². The summed E-state index contributed by atoms with van der Waals surface area (Å²) in [6, 6.07) is 11.9. The minimum absolute atomic E-state index is 0.191. The summed E-state index contributed by atoms with van der Waals surface area (Å²) in [5, 5.41) is 4.97. The zero-order chi connectivity index (χ0) is 15.4. The standard InChI is InChI=1S/C17H19Cl2NO/c1-4-15(12-5-7-13(18)8-6-12)20-16-9-11(2)14(19)10-17(16)21-3/h5-10,15,20H,4H2,1-3H3. The van der Waals surface area contributed by atoms with Crippen LogP contribution >= 0.6 is 23.2 Å². The number of ether oxygens (including phenoxy) is 1. The topological polar surface area (TPSA) is 21.3 Å². The largest absolute Gasteiger partial charge is 0.495 e. The van der Waals surface area contributed by atoms with Crippen molar-refractivity contribution in [3.05, 3.63) is 57.6 Å². The van der Waals surface area contributed by atoms with E-state index in [0.717, 1.165) is 28.4 Å². The fourth-order valence-corrected chi connectivity index (χ4v) is 2.53. The molecule has 0 aliphatic rings. The smallest absolute Gasteiger partial charge is 0.143 e. The number of hydrogen-bond donors (Lipinski definition) is 1. The predicted molar refractivity (Wildman–Crippen MR) is 90.8 cm³/mol. The van der Waals surface area contributed by atoms with Gasteiger partial charge in [-0.05, 0) is 42.7 Å². The van der Waals surface area contributed by atoms with Gasteiger partial charge in [0.15, 0.2) is 0 Å². The molecule has 1 atom stereocenters. The first-order valence-corrected chi connectivity index (χ1v) is 7.67. The quantitative estimate of drug-likeness (QED) is 0.742. The molecule has 2 aromatic carbocycles. The number of methoxy groups -OCH3 is 1. The predicted octanol–water partition coefficient (Wildman–Crippen LogP) is 5.87. The average Bonchev–Trinajstić information content (AvgIpc) is 2.49. The number of anilines is 1. The molecule has 0 bridgehead atoms. The Balaban J connectivity index is 2.30. The van der Waals surface area contributed by atoms with Crippen LogP contribution in [-0.2, 0) is 0 Å². The number of halogens is 2. The molecule has 0 spiro atoms. The first-order valence-electron chi connectivity index (χ1n) is 6.91. The highest BCUT2D eigenvalue weighted by Gasteiger charge is 2.13. The molecule has 0 aliphatic heterocycles. The molecule has 0 aliphatic carbocycles. The van der Waals surface area contributed by atoms with Crippen LogP contribution in [0.25, 0.3) is 0 Å². The minimum atomic E-state index is 0.191. The number of hydrogen-bond acceptors (Lipinski definition) is 2. The molecule has 0 saturated heterocycles. The van der Waals surface area contributed by atoms with Gasteiger partial charge in [0, 0.05) is 16.1 Å². The van der Waals surface area contributed by atoms with E-state index >= 15 is 0 Å². The molecule has 0 heterocycles. The van der Waals surface area contributed by atoms with Crippen molar-refractivity contribution in [1.29, 1.82) is 0 Å². The third kappa shape index (κ3) is 3.84.